The Morgan fingerprint density at radius 3 is 2.92 bits per heavy atom. The average Bonchev–Trinajstić information content (AvgIpc) is 2.36. The van der Waals surface area contributed by atoms with E-state index >= 15 is 0 Å². The number of nitrogens with one attached hydrogen (secondary N) is 2. The van der Waals surface area contributed by atoms with Crippen molar-refractivity contribution < 1.29 is 9.53 Å². The lowest BCUT2D eigenvalue weighted by Crippen LogP contribution is -2.49. The number of rotatable bonds is 3. The first-order chi connectivity index (χ1) is 5.66. The predicted molar refractivity (Wildman–Crippen MR) is 45.9 cm³/mol. The predicted octanol–water partition coefficient (Wildman–Crippen LogP) is -0.499. The Bertz CT molecular complexity index is 164. The van der Waals surface area contributed by atoms with Crippen molar-refractivity contribution in [2.45, 2.75) is 18.9 Å². The minimum Gasteiger partial charge on any atom is -0.379 e. The number of carbonyl (C=O) groups is 1. The highest BCUT2D eigenvalue weighted by atomic mass is 16.5. The number of likely N-dealkylation sites (N-methyl/N-ethyl adjacent to an activating group) is 1. The lowest BCUT2D eigenvalue weighted by molar-refractivity contribution is -0.121. The van der Waals surface area contributed by atoms with Gasteiger partial charge in [-0.25, -0.2) is 0 Å². The van der Waals surface area contributed by atoms with Crippen molar-refractivity contribution in [2.75, 3.05) is 26.8 Å². The molecule has 1 aliphatic rings. The lowest BCUT2D eigenvalue weighted by Gasteiger charge is -2.23. The van der Waals surface area contributed by atoms with Gasteiger partial charge < -0.3 is 15.4 Å². The molecule has 1 unspecified atom stereocenters. The molecule has 0 bridgehead atoms. The lowest BCUT2D eigenvalue weighted by atomic mass is 10.0. The van der Waals surface area contributed by atoms with Crippen molar-refractivity contribution in [3.05, 3.63) is 0 Å². The molecule has 2 N–H and O–H groups in total. The minimum atomic E-state index is -0.145. The third-order valence-corrected chi connectivity index (χ3v) is 2.00. The molecule has 0 aliphatic carbocycles. The highest BCUT2D eigenvalue weighted by Crippen LogP contribution is 2.16. The number of hydrogen-bond donors (Lipinski definition) is 2. The van der Waals surface area contributed by atoms with Gasteiger partial charge in [0, 0.05) is 6.61 Å². The highest BCUT2D eigenvalue weighted by Gasteiger charge is 2.30. The van der Waals surface area contributed by atoms with E-state index in [1.54, 1.807) is 7.05 Å². The third-order valence-electron chi connectivity index (χ3n) is 2.00. The monoisotopic (exact) mass is 172 g/mol. The van der Waals surface area contributed by atoms with Crippen molar-refractivity contribution in [1.29, 1.82) is 0 Å². The largest absolute Gasteiger partial charge is 0.379 e. The summed E-state index contributed by atoms with van der Waals surface area (Å²) in [5.41, 5.74) is -0.145. The minimum absolute atomic E-state index is 0.0329. The first kappa shape index (κ1) is 9.48. The molecule has 1 atom stereocenters. The zero-order chi connectivity index (χ0) is 9.03. The van der Waals surface area contributed by atoms with Crippen LogP contribution in [0.25, 0.3) is 0 Å². The van der Waals surface area contributed by atoms with Gasteiger partial charge >= 0.3 is 0 Å². The molecular weight excluding hydrogens is 156 g/mol. The maximum atomic E-state index is 11.2. The molecule has 0 spiro atoms. The summed E-state index contributed by atoms with van der Waals surface area (Å²) in [6, 6.07) is 0. The van der Waals surface area contributed by atoms with Gasteiger partial charge in [-0.2, -0.15) is 0 Å². The fourth-order valence-electron chi connectivity index (χ4n) is 1.31. The number of carbonyl (C=O) groups excluding carboxylic acids is 1. The molecule has 0 saturated carbocycles. The zero-order valence-electron chi connectivity index (χ0n) is 7.64. The Kier molecular flexibility index (Phi) is 3.05. The third kappa shape index (κ3) is 2.46. The zero-order valence-corrected chi connectivity index (χ0v) is 7.64. The van der Waals surface area contributed by atoms with E-state index in [0.29, 0.717) is 13.2 Å². The molecule has 12 heavy (non-hydrogen) atoms. The Morgan fingerprint density at radius 1 is 1.67 bits per heavy atom. The van der Waals surface area contributed by atoms with Crippen molar-refractivity contribution in [3.63, 3.8) is 0 Å². The molecule has 1 fully saturated rings. The van der Waals surface area contributed by atoms with Gasteiger partial charge in [0.1, 0.15) is 0 Å². The maximum Gasteiger partial charge on any atom is 0.234 e. The van der Waals surface area contributed by atoms with Crippen LogP contribution in [-0.4, -0.2) is 38.3 Å². The van der Waals surface area contributed by atoms with Gasteiger partial charge in [-0.15, -0.1) is 0 Å². The summed E-state index contributed by atoms with van der Waals surface area (Å²) < 4.78 is 5.20. The topological polar surface area (TPSA) is 50.4 Å². The van der Waals surface area contributed by atoms with Gasteiger partial charge in [0.2, 0.25) is 5.91 Å². The standard InChI is InChI=1S/C8H16N2O2/c1-8(3-4-12-6-8)10-7(11)5-9-2/h9H,3-6H2,1-2H3,(H,10,11). The van der Waals surface area contributed by atoms with Crippen LogP contribution in [-0.2, 0) is 9.53 Å². The van der Waals surface area contributed by atoms with Gasteiger partial charge in [0.05, 0.1) is 18.7 Å². The number of ether oxygens (including phenoxy) is 1. The number of hydrogen-bond acceptors (Lipinski definition) is 3. The van der Waals surface area contributed by atoms with E-state index in [9.17, 15) is 4.79 Å². The molecule has 0 radical (unpaired) electrons. The van der Waals surface area contributed by atoms with E-state index in [1.807, 2.05) is 6.92 Å². The van der Waals surface area contributed by atoms with E-state index in [2.05, 4.69) is 10.6 Å². The first-order valence-electron chi connectivity index (χ1n) is 4.20. The Hall–Kier alpha value is -0.610. The van der Waals surface area contributed by atoms with Crippen molar-refractivity contribution in [3.8, 4) is 0 Å². The van der Waals surface area contributed by atoms with E-state index < -0.39 is 0 Å². The molecule has 0 aromatic rings. The molecule has 1 heterocycles. The SMILES string of the molecule is CNCC(=O)NC1(C)CCOC1. The highest BCUT2D eigenvalue weighted by molar-refractivity contribution is 5.78. The molecule has 0 aromatic carbocycles. The van der Waals surface area contributed by atoms with E-state index in [-0.39, 0.29) is 11.4 Å². The summed E-state index contributed by atoms with van der Waals surface area (Å²) in [7, 11) is 1.76. The normalized spacial score (nSPS) is 28.8. The quantitative estimate of drug-likeness (QED) is 0.603. The molecule has 0 aromatic heterocycles. The van der Waals surface area contributed by atoms with Crippen LogP contribution in [0.2, 0.25) is 0 Å². The summed E-state index contributed by atoms with van der Waals surface area (Å²) in [5, 5.41) is 5.74. The van der Waals surface area contributed by atoms with Crippen molar-refractivity contribution in [2.24, 2.45) is 0 Å². The second kappa shape index (κ2) is 3.87. The molecule has 4 nitrogen and oxygen atoms in total. The van der Waals surface area contributed by atoms with Crippen LogP contribution >= 0.6 is 0 Å². The Labute approximate surface area is 72.7 Å². The summed E-state index contributed by atoms with van der Waals surface area (Å²) in [5.74, 6) is 0.0329. The molecule has 1 amide bonds. The second-order valence-corrected chi connectivity index (χ2v) is 3.44. The Morgan fingerprint density at radius 2 is 2.42 bits per heavy atom. The van der Waals surface area contributed by atoms with Crippen molar-refractivity contribution >= 4 is 5.91 Å². The maximum absolute atomic E-state index is 11.2. The molecule has 4 heteroatoms. The van der Waals surface area contributed by atoms with Gasteiger partial charge in [-0.1, -0.05) is 0 Å². The first-order valence-corrected chi connectivity index (χ1v) is 4.20. The summed E-state index contributed by atoms with van der Waals surface area (Å²) in [4.78, 5) is 11.2. The fourth-order valence-corrected chi connectivity index (χ4v) is 1.31. The van der Waals surface area contributed by atoms with E-state index in [1.165, 1.54) is 0 Å². The van der Waals surface area contributed by atoms with E-state index in [0.717, 1.165) is 13.0 Å². The van der Waals surface area contributed by atoms with Crippen LogP contribution in [0.5, 0.6) is 0 Å². The molecule has 1 aliphatic heterocycles. The van der Waals surface area contributed by atoms with Crippen LogP contribution in [0.4, 0.5) is 0 Å². The molecule has 1 saturated heterocycles. The molecule has 70 valence electrons. The van der Waals surface area contributed by atoms with Crippen LogP contribution in [0.1, 0.15) is 13.3 Å². The Balaban J connectivity index is 2.33. The van der Waals surface area contributed by atoms with Gasteiger partial charge in [0.25, 0.3) is 0 Å². The van der Waals surface area contributed by atoms with Gasteiger partial charge in [-0.3, -0.25) is 4.79 Å². The second-order valence-electron chi connectivity index (χ2n) is 3.44. The van der Waals surface area contributed by atoms with Crippen LogP contribution in [0.3, 0.4) is 0 Å². The average molecular weight is 172 g/mol. The molecule has 1 rings (SSSR count). The smallest absolute Gasteiger partial charge is 0.234 e. The molecular formula is C8H16N2O2. The summed E-state index contributed by atoms with van der Waals surface area (Å²) in [6.45, 7) is 3.75. The fraction of sp³-hybridized carbons (Fsp3) is 0.875. The van der Waals surface area contributed by atoms with Crippen molar-refractivity contribution in [1.82, 2.24) is 10.6 Å². The summed E-state index contributed by atoms with van der Waals surface area (Å²) in [6.07, 6.45) is 0.905. The van der Waals surface area contributed by atoms with Gasteiger partial charge in [0.15, 0.2) is 0 Å². The van der Waals surface area contributed by atoms with E-state index in [4.69, 9.17) is 4.74 Å². The summed E-state index contributed by atoms with van der Waals surface area (Å²) >= 11 is 0. The van der Waals surface area contributed by atoms with Crippen LogP contribution < -0.4 is 10.6 Å². The van der Waals surface area contributed by atoms with Crippen LogP contribution in [0.15, 0.2) is 0 Å². The van der Waals surface area contributed by atoms with Gasteiger partial charge in [-0.05, 0) is 20.4 Å². The number of amides is 1. The van der Waals surface area contributed by atoms with Crippen LogP contribution in [0, 0.1) is 0 Å².